The molecule has 1 aromatic heterocycles. The summed E-state index contributed by atoms with van der Waals surface area (Å²) in [4.78, 5) is 34.2. The summed E-state index contributed by atoms with van der Waals surface area (Å²) in [5, 5.41) is 2.77. The van der Waals surface area contributed by atoms with Crippen molar-refractivity contribution in [3.63, 3.8) is 0 Å². The van der Waals surface area contributed by atoms with Crippen molar-refractivity contribution in [2.24, 2.45) is 15.7 Å². The summed E-state index contributed by atoms with van der Waals surface area (Å²) in [5.74, 6) is -0.934. The van der Waals surface area contributed by atoms with Gasteiger partial charge in [-0.05, 0) is 34.0 Å². The molecule has 1 aromatic rings. The fourth-order valence-corrected chi connectivity index (χ4v) is 2.79. The van der Waals surface area contributed by atoms with Gasteiger partial charge in [-0.15, -0.1) is 0 Å². The molecular formula is C11H10BrN5O2. The van der Waals surface area contributed by atoms with Crippen molar-refractivity contribution in [3.05, 3.63) is 21.9 Å². The van der Waals surface area contributed by atoms with Crippen molar-refractivity contribution in [3.8, 4) is 0 Å². The second kappa shape index (κ2) is 4.30. The molecule has 2 amide bonds. The van der Waals surface area contributed by atoms with Crippen LogP contribution in [0.25, 0.3) is 0 Å². The highest BCUT2D eigenvalue weighted by Gasteiger charge is 2.34. The standard InChI is InChI=1S/C11H10BrN5O2/c12-6-3-5-4(7-10(19)17-11(13)16-7)1-2-14-9(18)8(5)15-6/h3-4,15H,1-2H2,(H,14,18)(H2,13,17,19)/t4-/m0/s1. The molecule has 2 aliphatic rings. The fraction of sp³-hybridized carbons (Fsp3) is 0.273. The predicted molar refractivity (Wildman–Crippen MR) is 72.2 cm³/mol. The molecule has 0 unspecified atom stereocenters. The highest BCUT2D eigenvalue weighted by atomic mass is 79.9. The lowest BCUT2D eigenvalue weighted by Gasteiger charge is -2.11. The number of nitrogens with zero attached hydrogens (tertiary/aromatic N) is 2. The van der Waals surface area contributed by atoms with Crippen LogP contribution in [0.15, 0.2) is 20.7 Å². The Morgan fingerprint density at radius 3 is 2.84 bits per heavy atom. The summed E-state index contributed by atoms with van der Waals surface area (Å²) in [5.41, 5.74) is 6.92. The molecule has 3 heterocycles. The van der Waals surface area contributed by atoms with Crippen LogP contribution >= 0.6 is 15.9 Å². The van der Waals surface area contributed by atoms with E-state index in [-0.39, 0.29) is 17.8 Å². The number of carbonyl (C=O) groups excluding carboxylic acids is 2. The Hall–Kier alpha value is -1.96. The number of fused-ring (bicyclic) bond motifs is 1. The highest BCUT2D eigenvalue weighted by molar-refractivity contribution is 9.10. The molecule has 3 rings (SSSR count). The van der Waals surface area contributed by atoms with Crippen LogP contribution in [0.2, 0.25) is 0 Å². The minimum atomic E-state index is -0.430. The van der Waals surface area contributed by atoms with Crippen LogP contribution in [-0.4, -0.2) is 35.0 Å². The normalized spacial score (nSPS) is 22.5. The van der Waals surface area contributed by atoms with E-state index in [1.807, 2.05) is 0 Å². The minimum absolute atomic E-state index is 0.0281. The second-order valence-electron chi connectivity index (χ2n) is 4.32. The summed E-state index contributed by atoms with van der Waals surface area (Å²) in [6, 6.07) is 1.79. The third-order valence-electron chi connectivity index (χ3n) is 3.14. The number of aliphatic imine (C=N–C) groups is 2. The van der Waals surface area contributed by atoms with Crippen molar-refractivity contribution in [2.45, 2.75) is 12.3 Å². The first-order valence-electron chi connectivity index (χ1n) is 5.70. The molecular weight excluding hydrogens is 314 g/mol. The number of aromatic amines is 1. The zero-order valence-electron chi connectivity index (χ0n) is 9.74. The smallest absolute Gasteiger partial charge is 0.295 e. The number of nitrogens with one attached hydrogen (secondary N) is 2. The zero-order valence-corrected chi connectivity index (χ0v) is 11.3. The Kier molecular flexibility index (Phi) is 2.74. The number of amides is 2. The van der Waals surface area contributed by atoms with Gasteiger partial charge in [-0.3, -0.25) is 9.59 Å². The number of rotatable bonds is 1. The number of halogens is 1. The van der Waals surface area contributed by atoms with Crippen LogP contribution in [0.1, 0.15) is 28.4 Å². The van der Waals surface area contributed by atoms with E-state index in [0.717, 1.165) is 5.56 Å². The molecule has 1 atom stereocenters. The van der Waals surface area contributed by atoms with E-state index in [2.05, 4.69) is 36.2 Å². The molecule has 0 spiro atoms. The SMILES string of the molecule is NC1=NC(=O)C([C@H]2CCNC(=O)c3[nH]c(Br)cc32)=N1. The van der Waals surface area contributed by atoms with Crippen LogP contribution in [-0.2, 0) is 4.79 Å². The zero-order chi connectivity index (χ0) is 13.6. The molecule has 4 N–H and O–H groups in total. The molecule has 7 nitrogen and oxygen atoms in total. The van der Waals surface area contributed by atoms with Gasteiger partial charge in [0.05, 0.1) is 4.60 Å². The average molecular weight is 324 g/mol. The molecule has 8 heteroatoms. The van der Waals surface area contributed by atoms with Crippen molar-refractivity contribution in [1.29, 1.82) is 0 Å². The van der Waals surface area contributed by atoms with Gasteiger partial charge < -0.3 is 16.0 Å². The van der Waals surface area contributed by atoms with Gasteiger partial charge in [-0.1, -0.05) is 0 Å². The number of carbonyl (C=O) groups is 2. The molecule has 0 bridgehead atoms. The lowest BCUT2D eigenvalue weighted by atomic mass is 9.91. The topological polar surface area (TPSA) is 113 Å². The first kappa shape index (κ1) is 12.1. The predicted octanol–water partition coefficient (Wildman–Crippen LogP) is 0.290. The van der Waals surface area contributed by atoms with Gasteiger partial charge in [0.2, 0.25) is 5.96 Å². The number of H-pyrrole nitrogens is 1. The molecule has 0 radical (unpaired) electrons. The number of hydrogen-bond acceptors (Lipinski definition) is 4. The summed E-state index contributed by atoms with van der Waals surface area (Å²) < 4.78 is 0.680. The van der Waals surface area contributed by atoms with Gasteiger partial charge in [0.1, 0.15) is 11.4 Å². The number of hydrogen-bond donors (Lipinski definition) is 3. The maximum atomic E-state index is 11.9. The second-order valence-corrected chi connectivity index (χ2v) is 5.17. The fourth-order valence-electron chi connectivity index (χ4n) is 2.34. The summed E-state index contributed by atoms with van der Waals surface area (Å²) >= 11 is 3.29. The molecule has 0 saturated carbocycles. The Balaban J connectivity index is 2.08. The Labute approximate surface area is 116 Å². The van der Waals surface area contributed by atoms with E-state index in [0.29, 0.717) is 29.0 Å². The molecule has 98 valence electrons. The Morgan fingerprint density at radius 1 is 1.37 bits per heavy atom. The van der Waals surface area contributed by atoms with Gasteiger partial charge in [-0.25, -0.2) is 4.99 Å². The third kappa shape index (κ3) is 1.97. The monoisotopic (exact) mass is 323 g/mol. The van der Waals surface area contributed by atoms with E-state index in [4.69, 9.17) is 5.73 Å². The quantitative estimate of drug-likeness (QED) is 0.690. The van der Waals surface area contributed by atoms with Crippen LogP contribution in [0, 0.1) is 0 Å². The van der Waals surface area contributed by atoms with Crippen LogP contribution in [0.3, 0.4) is 0 Å². The van der Waals surface area contributed by atoms with E-state index in [1.165, 1.54) is 0 Å². The van der Waals surface area contributed by atoms with Gasteiger partial charge in [0, 0.05) is 12.5 Å². The summed E-state index contributed by atoms with van der Waals surface area (Å²) in [6.07, 6.45) is 0.580. The Bertz CT molecular complexity index is 646. The third-order valence-corrected chi connectivity index (χ3v) is 3.56. The number of aromatic nitrogens is 1. The molecule has 19 heavy (non-hydrogen) atoms. The van der Waals surface area contributed by atoms with E-state index in [9.17, 15) is 9.59 Å². The largest absolute Gasteiger partial charge is 0.368 e. The van der Waals surface area contributed by atoms with Crippen molar-refractivity contribution < 1.29 is 9.59 Å². The number of guanidine groups is 1. The van der Waals surface area contributed by atoms with Gasteiger partial charge in [0.15, 0.2) is 0 Å². The maximum absolute atomic E-state index is 11.9. The van der Waals surface area contributed by atoms with Crippen LogP contribution in [0.4, 0.5) is 0 Å². The van der Waals surface area contributed by atoms with Crippen molar-refractivity contribution in [2.75, 3.05) is 6.54 Å². The van der Waals surface area contributed by atoms with E-state index >= 15 is 0 Å². The van der Waals surface area contributed by atoms with Crippen LogP contribution in [0.5, 0.6) is 0 Å². The van der Waals surface area contributed by atoms with Gasteiger partial charge in [0.25, 0.3) is 11.8 Å². The van der Waals surface area contributed by atoms with Crippen LogP contribution < -0.4 is 11.1 Å². The minimum Gasteiger partial charge on any atom is -0.368 e. The molecule has 2 aliphatic heterocycles. The Morgan fingerprint density at radius 2 is 2.16 bits per heavy atom. The molecule has 0 fully saturated rings. The van der Waals surface area contributed by atoms with Gasteiger partial charge in [-0.2, -0.15) is 4.99 Å². The van der Waals surface area contributed by atoms with Gasteiger partial charge >= 0.3 is 0 Å². The van der Waals surface area contributed by atoms with E-state index in [1.54, 1.807) is 6.07 Å². The first-order valence-corrected chi connectivity index (χ1v) is 6.49. The summed E-state index contributed by atoms with van der Waals surface area (Å²) in [7, 11) is 0. The molecule has 0 aromatic carbocycles. The van der Waals surface area contributed by atoms with E-state index < -0.39 is 5.91 Å². The maximum Gasteiger partial charge on any atom is 0.295 e. The summed E-state index contributed by atoms with van der Waals surface area (Å²) in [6.45, 7) is 0.468. The highest BCUT2D eigenvalue weighted by Crippen LogP contribution is 2.31. The average Bonchev–Trinajstić information content (AvgIpc) is 2.84. The van der Waals surface area contributed by atoms with Crippen molar-refractivity contribution >= 4 is 39.4 Å². The molecule has 0 aliphatic carbocycles. The molecule has 0 saturated heterocycles. The first-order chi connectivity index (χ1) is 9.06. The lowest BCUT2D eigenvalue weighted by Crippen LogP contribution is -2.23. The van der Waals surface area contributed by atoms with Crippen molar-refractivity contribution in [1.82, 2.24) is 10.3 Å². The lowest BCUT2D eigenvalue weighted by molar-refractivity contribution is -0.111. The number of nitrogens with two attached hydrogens (primary N) is 1.